The van der Waals surface area contributed by atoms with E-state index >= 15 is 0 Å². The predicted octanol–water partition coefficient (Wildman–Crippen LogP) is -1.65. The van der Waals surface area contributed by atoms with Crippen LogP contribution in [0.25, 0.3) is 0 Å². The smallest absolute Gasteiger partial charge is 0.0360 e. The molecule has 0 aromatic rings. The molecule has 0 heterocycles. The second-order valence-electron chi connectivity index (χ2n) is 1.36. The van der Waals surface area contributed by atoms with E-state index in [0.29, 0.717) is 8.83 Å². The van der Waals surface area contributed by atoms with Crippen LogP contribution < -0.4 is 0 Å². The fraction of sp³-hybridized carbons (Fsp3) is 1.00. The molecule has 2 atom stereocenters. The summed E-state index contributed by atoms with van der Waals surface area (Å²) in [4.78, 5) is 0. The van der Waals surface area contributed by atoms with Gasteiger partial charge < -0.3 is 9.11 Å². The Labute approximate surface area is 63.6 Å². The van der Waals surface area contributed by atoms with Gasteiger partial charge in [0.15, 0.2) is 0 Å². The lowest BCUT2D eigenvalue weighted by Crippen LogP contribution is -2.38. The number of hydrogen-bond donors (Lipinski definition) is 0. The van der Waals surface area contributed by atoms with E-state index in [9.17, 15) is 17.5 Å². The minimum absolute atomic E-state index is 0.545. The second kappa shape index (κ2) is 4.11. The molecule has 8 heteroatoms. The Bertz CT molecular complexity index is 143. The summed E-state index contributed by atoms with van der Waals surface area (Å²) in [6, 6.07) is 0. The molecule has 0 aliphatic heterocycles. The summed E-state index contributed by atoms with van der Waals surface area (Å²) >= 11 is -5.09. The summed E-state index contributed by atoms with van der Waals surface area (Å²) in [5.74, 6) is 0. The van der Waals surface area contributed by atoms with Crippen molar-refractivity contribution in [2.45, 2.75) is 0 Å². The molecule has 6 nitrogen and oxygen atoms in total. The summed E-state index contributed by atoms with van der Waals surface area (Å²) in [5.41, 5.74) is 0. The van der Waals surface area contributed by atoms with E-state index in [1.165, 1.54) is 0 Å². The van der Waals surface area contributed by atoms with Crippen molar-refractivity contribution in [1.29, 1.82) is 0 Å². The first-order chi connectivity index (χ1) is 4.46. The molecule has 2 unspecified atom stereocenters. The Hall–Kier alpha value is 0.140. The van der Waals surface area contributed by atoms with Crippen LogP contribution in [0.2, 0.25) is 0 Å². The molecule has 62 valence electrons. The van der Waals surface area contributed by atoms with Gasteiger partial charge in [-0.05, 0) is 0 Å². The van der Waals surface area contributed by atoms with Crippen molar-refractivity contribution in [2.75, 3.05) is 14.1 Å². The average Bonchev–Trinajstić information content (AvgIpc) is 1.84. The molecule has 0 aromatic carbocycles. The number of hydrazine groups is 1. The van der Waals surface area contributed by atoms with Crippen molar-refractivity contribution in [1.82, 2.24) is 8.83 Å². The van der Waals surface area contributed by atoms with Crippen molar-refractivity contribution in [3.8, 4) is 0 Å². The molecular weight excluding hydrogens is 180 g/mol. The summed E-state index contributed by atoms with van der Waals surface area (Å²) in [6.07, 6.45) is 0. The SMILES string of the molecule is CN(N(C)S(=O)[O-])S(=O)[O-]. The van der Waals surface area contributed by atoms with E-state index in [2.05, 4.69) is 0 Å². The lowest BCUT2D eigenvalue weighted by Gasteiger charge is -2.29. The zero-order valence-electron chi connectivity index (χ0n) is 5.34. The average molecular weight is 186 g/mol. The zero-order chi connectivity index (χ0) is 8.31. The quantitative estimate of drug-likeness (QED) is 0.390. The highest BCUT2D eigenvalue weighted by atomic mass is 32.2. The lowest BCUT2D eigenvalue weighted by molar-refractivity contribution is 0.221. The Kier molecular flexibility index (Phi) is 4.17. The lowest BCUT2D eigenvalue weighted by atomic mass is 11.4. The minimum atomic E-state index is -2.54. The van der Waals surface area contributed by atoms with E-state index in [4.69, 9.17) is 0 Å². The first-order valence-electron chi connectivity index (χ1n) is 2.13. The number of hydrogen-bond acceptors (Lipinski definition) is 4. The molecule has 0 saturated carbocycles. The molecular formula is C2H6N2O4S2-2. The zero-order valence-corrected chi connectivity index (χ0v) is 6.98. The highest BCUT2D eigenvalue weighted by Gasteiger charge is 2.04. The van der Waals surface area contributed by atoms with Gasteiger partial charge in [-0.15, -0.1) is 0 Å². The van der Waals surface area contributed by atoms with Crippen molar-refractivity contribution < 1.29 is 17.5 Å². The van der Waals surface area contributed by atoms with Gasteiger partial charge >= 0.3 is 0 Å². The maximum absolute atomic E-state index is 10.1. The van der Waals surface area contributed by atoms with Crippen LogP contribution in [0.3, 0.4) is 0 Å². The van der Waals surface area contributed by atoms with Gasteiger partial charge in [-0.3, -0.25) is 8.42 Å². The number of nitrogens with zero attached hydrogens (tertiary/aromatic N) is 2. The van der Waals surface area contributed by atoms with Gasteiger partial charge in [0.25, 0.3) is 0 Å². The normalized spacial score (nSPS) is 17.8. The minimum Gasteiger partial charge on any atom is -0.759 e. The van der Waals surface area contributed by atoms with Gasteiger partial charge in [-0.1, -0.05) is 0 Å². The second-order valence-corrected chi connectivity index (χ2v) is 3.29. The van der Waals surface area contributed by atoms with E-state index < -0.39 is 22.5 Å². The van der Waals surface area contributed by atoms with Crippen LogP contribution in [0.5, 0.6) is 0 Å². The third-order valence-electron chi connectivity index (χ3n) is 0.828. The summed E-state index contributed by atoms with van der Waals surface area (Å²) < 4.78 is 41.3. The largest absolute Gasteiger partial charge is 0.759 e. The third-order valence-corrected chi connectivity index (χ3v) is 2.28. The van der Waals surface area contributed by atoms with E-state index in [0.717, 1.165) is 14.1 Å². The Balaban J connectivity index is 4.07. The topological polar surface area (TPSA) is 86.7 Å². The van der Waals surface area contributed by atoms with Crippen LogP contribution in [-0.4, -0.2) is 40.4 Å². The van der Waals surface area contributed by atoms with Crippen LogP contribution in [-0.2, 0) is 22.5 Å². The highest BCUT2D eigenvalue weighted by molar-refractivity contribution is 7.79. The Morgan fingerprint density at radius 3 is 1.30 bits per heavy atom. The molecule has 0 aliphatic rings. The third kappa shape index (κ3) is 2.82. The van der Waals surface area contributed by atoms with Crippen molar-refractivity contribution >= 4 is 22.5 Å². The van der Waals surface area contributed by atoms with Crippen LogP contribution >= 0.6 is 0 Å². The van der Waals surface area contributed by atoms with Crippen LogP contribution in [0.15, 0.2) is 0 Å². The standard InChI is InChI=1S/C2H8N2O4S2/c1-3(9(5)6)4(2)10(7)8/h1-2H3,(H,5,6)(H,7,8)/p-2. The van der Waals surface area contributed by atoms with Gasteiger partial charge in [0.1, 0.15) is 0 Å². The van der Waals surface area contributed by atoms with Gasteiger partial charge in [0, 0.05) is 36.6 Å². The van der Waals surface area contributed by atoms with E-state index in [1.54, 1.807) is 0 Å². The first-order valence-corrected chi connectivity index (χ1v) is 4.19. The summed E-state index contributed by atoms with van der Waals surface area (Å²) in [5, 5.41) is 0. The molecule has 0 spiro atoms. The monoisotopic (exact) mass is 186 g/mol. The van der Waals surface area contributed by atoms with Crippen molar-refractivity contribution in [3.05, 3.63) is 0 Å². The Morgan fingerprint density at radius 2 is 1.20 bits per heavy atom. The van der Waals surface area contributed by atoms with Gasteiger partial charge in [-0.2, -0.15) is 8.83 Å². The molecule has 10 heavy (non-hydrogen) atoms. The van der Waals surface area contributed by atoms with E-state index in [-0.39, 0.29) is 0 Å². The van der Waals surface area contributed by atoms with Gasteiger partial charge in [-0.25, -0.2) is 0 Å². The van der Waals surface area contributed by atoms with Crippen molar-refractivity contribution in [3.63, 3.8) is 0 Å². The van der Waals surface area contributed by atoms with Gasteiger partial charge in [0.05, 0.1) is 0 Å². The fourth-order valence-electron chi connectivity index (χ4n) is 0.188. The maximum atomic E-state index is 10.1. The Morgan fingerprint density at radius 1 is 1.00 bits per heavy atom. The van der Waals surface area contributed by atoms with Crippen LogP contribution in [0.1, 0.15) is 0 Å². The molecule has 0 amide bonds. The molecule has 0 N–H and O–H groups in total. The van der Waals surface area contributed by atoms with Gasteiger partial charge in [0.2, 0.25) is 0 Å². The summed E-state index contributed by atoms with van der Waals surface area (Å²) in [7, 11) is 2.22. The molecule has 0 aliphatic carbocycles. The fourth-order valence-corrected chi connectivity index (χ4v) is 0.890. The molecule has 0 saturated heterocycles. The molecule has 0 radical (unpaired) electrons. The number of rotatable bonds is 3. The summed E-state index contributed by atoms with van der Waals surface area (Å²) in [6.45, 7) is 0. The van der Waals surface area contributed by atoms with E-state index in [1.807, 2.05) is 0 Å². The molecule has 0 rings (SSSR count). The van der Waals surface area contributed by atoms with Crippen LogP contribution in [0.4, 0.5) is 0 Å². The van der Waals surface area contributed by atoms with Crippen LogP contribution in [0, 0.1) is 0 Å². The first kappa shape index (κ1) is 10.1. The maximum Gasteiger partial charge on any atom is 0.0360 e. The van der Waals surface area contributed by atoms with Crippen molar-refractivity contribution in [2.24, 2.45) is 0 Å². The predicted molar refractivity (Wildman–Crippen MR) is 33.4 cm³/mol. The molecule has 0 fully saturated rings. The molecule has 0 aromatic heterocycles. The highest BCUT2D eigenvalue weighted by Crippen LogP contribution is 1.94. The molecule has 0 bridgehead atoms.